The van der Waals surface area contributed by atoms with E-state index in [9.17, 15) is 9.90 Å². The van der Waals surface area contributed by atoms with Gasteiger partial charge in [-0.25, -0.2) is 4.79 Å². The molecule has 0 spiro atoms. The van der Waals surface area contributed by atoms with Crippen LogP contribution in [-0.4, -0.2) is 44.7 Å². The van der Waals surface area contributed by atoms with Crippen LogP contribution in [0.4, 0.5) is 0 Å². The fraction of sp³-hybridized carbons (Fsp3) is 0.286. The molecule has 2 aromatic carbocycles. The minimum absolute atomic E-state index is 0.0422. The molecule has 3 rings (SSSR count). The average Bonchev–Trinajstić information content (AvgIpc) is 2.75. The Bertz CT molecular complexity index is 1080. The number of benzene rings is 2. The van der Waals surface area contributed by atoms with Gasteiger partial charge in [-0.3, -0.25) is 0 Å². The molecule has 1 aromatic heterocycles. The number of aromatic hydroxyl groups is 1. The van der Waals surface area contributed by atoms with Crippen LogP contribution < -0.4 is 10.4 Å². The van der Waals surface area contributed by atoms with E-state index in [0.29, 0.717) is 43.1 Å². The molecule has 9 heteroatoms. The van der Waals surface area contributed by atoms with Gasteiger partial charge in [0.05, 0.1) is 31.8 Å². The van der Waals surface area contributed by atoms with E-state index in [1.165, 1.54) is 12.1 Å². The average molecular weight is 411 g/mol. The number of hydrogen-bond acceptors (Lipinski definition) is 7. The van der Waals surface area contributed by atoms with Crippen molar-refractivity contribution >= 4 is 11.0 Å². The Labute approximate surface area is 172 Å². The Hall–Kier alpha value is -3.52. The maximum Gasteiger partial charge on any atom is 0.336 e. The highest BCUT2D eigenvalue weighted by atomic mass is 16.5. The van der Waals surface area contributed by atoms with E-state index in [4.69, 9.17) is 24.2 Å². The monoisotopic (exact) mass is 411 g/mol. The molecule has 156 valence electrons. The van der Waals surface area contributed by atoms with Crippen molar-refractivity contribution in [2.45, 2.75) is 0 Å². The summed E-state index contributed by atoms with van der Waals surface area (Å²) in [7, 11) is 0. The van der Waals surface area contributed by atoms with E-state index in [-0.39, 0.29) is 24.5 Å². The van der Waals surface area contributed by atoms with E-state index >= 15 is 0 Å². The van der Waals surface area contributed by atoms with Gasteiger partial charge in [-0.2, -0.15) is 0 Å². The number of hydrogen-bond donors (Lipinski definition) is 1. The minimum atomic E-state index is -0.512. The standard InChI is InChI=1S/C21H21N3O6/c22-24-23-6-7-27-8-9-28-10-11-29-16-12-18(25)21-17(15-4-2-1-3-5-15)14-20(26)30-19(21)13-16/h1-5,12-14,25H,6-11H2. The van der Waals surface area contributed by atoms with Gasteiger partial charge in [0.15, 0.2) is 0 Å². The van der Waals surface area contributed by atoms with Crippen molar-refractivity contribution in [2.24, 2.45) is 5.11 Å². The largest absolute Gasteiger partial charge is 0.507 e. The lowest BCUT2D eigenvalue weighted by molar-refractivity contribution is 0.0388. The molecule has 0 saturated carbocycles. The minimum Gasteiger partial charge on any atom is -0.507 e. The molecule has 0 unspecified atom stereocenters. The van der Waals surface area contributed by atoms with Crippen molar-refractivity contribution < 1.29 is 23.7 Å². The van der Waals surface area contributed by atoms with Crippen LogP contribution in [0.5, 0.6) is 11.5 Å². The maximum absolute atomic E-state index is 12.0. The number of azide groups is 1. The number of phenols is 1. The second kappa shape index (κ2) is 10.9. The van der Waals surface area contributed by atoms with E-state index in [1.54, 1.807) is 6.07 Å². The number of phenolic OH excluding ortho intramolecular Hbond substituents is 1. The molecule has 3 aromatic rings. The van der Waals surface area contributed by atoms with Gasteiger partial charge in [0.1, 0.15) is 23.7 Å². The highest BCUT2D eigenvalue weighted by molar-refractivity contribution is 5.98. The first-order chi connectivity index (χ1) is 14.7. The summed E-state index contributed by atoms with van der Waals surface area (Å²) < 4.78 is 21.5. The van der Waals surface area contributed by atoms with Crippen LogP contribution in [0.15, 0.2) is 62.9 Å². The van der Waals surface area contributed by atoms with Crippen LogP contribution in [0.2, 0.25) is 0 Å². The highest BCUT2D eigenvalue weighted by Gasteiger charge is 2.14. The van der Waals surface area contributed by atoms with Gasteiger partial charge in [0.2, 0.25) is 0 Å². The predicted molar refractivity (Wildman–Crippen MR) is 111 cm³/mol. The normalized spacial score (nSPS) is 10.7. The molecule has 0 aliphatic heterocycles. The third-order valence-corrected chi connectivity index (χ3v) is 4.15. The first-order valence-electron chi connectivity index (χ1n) is 9.34. The van der Waals surface area contributed by atoms with Crippen molar-refractivity contribution in [1.82, 2.24) is 0 Å². The molecule has 1 N–H and O–H groups in total. The molecule has 0 amide bonds. The van der Waals surface area contributed by atoms with Gasteiger partial charge in [-0.15, -0.1) is 0 Å². The van der Waals surface area contributed by atoms with Crippen LogP contribution in [0, 0.1) is 0 Å². The lowest BCUT2D eigenvalue weighted by atomic mass is 10.0. The number of rotatable bonds is 11. The zero-order chi connectivity index (χ0) is 21.2. The number of fused-ring (bicyclic) bond motifs is 1. The Morgan fingerprint density at radius 2 is 1.73 bits per heavy atom. The fourth-order valence-corrected chi connectivity index (χ4v) is 2.87. The van der Waals surface area contributed by atoms with Gasteiger partial charge in [0.25, 0.3) is 0 Å². The Kier molecular flexibility index (Phi) is 7.68. The first kappa shape index (κ1) is 21.2. The topological polar surface area (TPSA) is 127 Å². The molecular formula is C21H21N3O6. The molecule has 0 aliphatic carbocycles. The highest BCUT2D eigenvalue weighted by Crippen LogP contribution is 2.36. The molecular weight excluding hydrogens is 390 g/mol. The maximum atomic E-state index is 12.0. The summed E-state index contributed by atoms with van der Waals surface area (Å²) in [5, 5.41) is 14.3. The molecule has 30 heavy (non-hydrogen) atoms. The van der Waals surface area contributed by atoms with Crippen molar-refractivity contribution in [2.75, 3.05) is 39.6 Å². The lowest BCUT2D eigenvalue weighted by Crippen LogP contribution is -2.11. The zero-order valence-corrected chi connectivity index (χ0v) is 16.2. The predicted octanol–water partition coefficient (Wildman–Crippen LogP) is 3.89. The van der Waals surface area contributed by atoms with Crippen LogP contribution in [0.3, 0.4) is 0 Å². The van der Waals surface area contributed by atoms with Gasteiger partial charge in [-0.05, 0) is 11.1 Å². The SMILES string of the molecule is [N-]=[N+]=NCCOCCOCCOc1cc(O)c2c(-c3ccccc3)cc(=O)oc2c1. The summed E-state index contributed by atoms with van der Waals surface area (Å²) in [5.41, 5.74) is 9.26. The van der Waals surface area contributed by atoms with Gasteiger partial charge >= 0.3 is 5.63 Å². The van der Waals surface area contributed by atoms with Crippen LogP contribution >= 0.6 is 0 Å². The first-order valence-corrected chi connectivity index (χ1v) is 9.34. The lowest BCUT2D eigenvalue weighted by Gasteiger charge is -2.11. The summed E-state index contributed by atoms with van der Waals surface area (Å²) in [5.74, 6) is 0.321. The fourth-order valence-electron chi connectivity index (χ4n) is 2.87. The molecule has 9 nitrogen and oxygen atoms in total. The Morgan fingerprint density at radius 3 is 2.50 bits per heavy atom. The van der Waals surface area contributed by atoms with Crippen molar-refractivity contribution in [3.63, 3.8) is 0 Å². The molecule has 0 bridgehead atoms. The van der Waals surface area contributed by atoms with Crippen molar-refractivity contribution in [3.8, 4) is 22.6 Å². The third-order valence-electron chi connectivity index (χ3n) is 4.15. The summed E-state index contributed by atoms with van der Waals surface area (Å²) >= 11 is 0. The second-order valence-corrected chi connectivity index (χ2v) is 6.19. The third kappa shape index (κ3) is 5.74. The van der Waals surface area contributed by atoms with E-state index in [1.807, 2.05) is 30.3 Å². The second-order valence-electron chi connectivity index (χ2n) is 6.19. The summed E-state index contributed by atoms with van der Waals surface area (Å²) in [6.45, 7) is 1.94. The Morgan fingerprint density at radius 1 is 1.00 bits per heavy atom. The van der Waals surface area contributed by atoms with E-state index in [0.717, 1.165) is 5.56 Å². The van der Waals surface area contributed by atoms with Crippen molar-refractivity contribution in [1.29, 1.82) is 0 Å². The molecule has 0 aliphatic rings. The molecule has 1 heterocycles. The van der Waals surface area contributed by atoms with Crippen molar-refractivity contribution in [3.05, 3.63) is 69.4 Å². The summed E-state index contributed by atoms with van der Waals surface area (Å²) in [4.78, 5) is 14.6. The van der Waals surface area contributed by atoms with E-state index < -0.39 is 5.63 Å². The smallest absolute Gasteiger partial charge is 0.336 e. The van der Waals surface area contributed by atoms with Gasteiger partial charge in [0, 0.05) is 35.2 Å². The van der Waals surface area contributed by atoms with Gasteiger partial charge in [-0.1, -0.05) is 35.4 Å². The van der Waals surface area contributed by atoms with Crippen LogP contribution in [-0.2, 0) is 9.47 Å². The quantitative estimate of drug-likeness (QED) is 0.168. The van der Waals surface area contributed by atoms with Gasteiger partial charge < -0.3 is 23.7 Å². The molecule has 0 saturated heterocycles. The number of nitrogens with zero attached hydrogens (tertiary/aromatic N) is 3. The molecule has 0 radical (unpaired) electrons. The molecule has 0 atom stereocenters. The Balaban J connectivity index is 1.59. The van der Waals surface area contributed by atoms with E-state index in [2.05, 4.69) is 10.0 Å². The van der Waals surface area contributed by atoms with Crippen LogP contribution in [0.1, 0.15) is 0 Å². The zero-order valence-electron chi connectivity index (χ0n) is 16.2. The summed E-state index contributed by atoms with van der Waals surface area (Å²) in [6, 6.07) is 13.7. The van der Waals surface area contributed by atoms with Crippen LogP contribution in [0.25, 0.3) is 32.5 Å². The summed E-state index contributed by atoms with van der Waals surface area (Å²) in [6.07, 6.45) is 0. The molecule has 0 fully saturated rings. The number of ether oxygens (including phenoxy) is 3.